The Morgan fingerprint density at radius 3 is 1.84 bits per heavy atom. The highest BCUT2D eigenvalue weighted by Crippen LogP contribution is 2.25. The quantitative estimate of drug-likeness (QED) is 0.462. The van der Waals surface area contributed by atoms with Gasteiger partial charge in [-0.1, -0.05) is 71.6 Å². The summed E-state index contributed by atoms with van der Waals surface area (Å²) >= 11 is 0. The zero-order valence-corrected chi connectivity index (χ0v) is 18.3. The van der Waals surface area contributed by atoms with Crippen LogP contribution < -0.4 is 15.7 Å². The van der Waals surface area contributed by atoms with Gasteiger partial charge in [-0.25, -0.2) is 0 Å². The van der Waals surface area contributed by atoms with Crippen molar-refractivity contribution in [3.05, 3.63) is 96.4 Å². The second-order valence-corrected chi connectivity index (χ2v) is 7.68. The lowest BCUT2D eigenvalue weighted by molar-refractivity contribution is -0.376. The Bertz CT molecular complexity index is 1110. The molecule has 0 N–H and O–H groups in total. The smallest absolute Gasteiger partial charge is 0.508 e. The third kappa shape index (κ3) is 3.77. The number of benzene rings is 3. The molecular weight excluding hydrogens is 385 g/mol. The van der Waals surface area contributed by atoms with Crippen molar-refractivity contribution in [2.45, 2.75) is 13.8 Å². The molecule has 3 aromatic rings. The Hall–Kier alpha value is -3.67. The zero-order valence-electron chi connectivity index (χ0n) is 18.3. The van der Waals surface area contributed by atoms with Crippen molar-refractivity contribution in [3.63, 3.8) is 0 Å². The van der Waals surface area contributed by atoms with E-state index in [1.165, 1.54) is 0 Å². The van der Waals surface area contributed by atoms with Gasteiger partial charge >= 0.3 is 6.48 Å². The van der Waals surface area contributed by atoms with Gasteiger partial charge in [0.15, 0.2) is 11.4 Å². The molecule has 0 spiro atoms. The average Bonchev–Trinajstić information content (AvgIpc) is 2.83. The first-order valence-corrected chi connectivity index (χ1v) is 10.3. The molecule has 1 aliphatic rings. The minimum Gasteiger partial charge on any atom is -0.653 e. The molecule has 0 atom stereocenters. The normalized spacial score (nSPS) is 15.9. The maximum Gasteiger partial charge on any atom is 0.508 e. The third-order valence-corrected chi connectivity index (χ3v) is 5.94. The number of hydrogen-bond donors (Lipinski definition) is 0. The van der Waals surface area contributed by atoms with Crippen molar-refractivity contribution in [1.29, 1.82) is 0 Å². The standard InChI is InChI=1S/C25H26BN3O2/c1-19-25(28-27-23-15-17-24(30-4)18-16-23)20(2)31-26(29(19)3,21-11-7-5-8-12-21)22-13-9-6-10-14-22/h5-18H,1-4H3. The van der Waals surface area contributed by atoms with Crippen LogP contribution in [0, 0.1) is 0 Å². The van der Waals surface area contributed by atoms with Gasteiger partial charge < -0.3 is 13.9 Å². The van der Waals surface area contributed by atoms with E-state index in [1.54, 1.807) is 7.11 Å². The number of rotatable bonds is 5. The summed E-state index contributed by atoms with van der Waals surface area (Å²) in [5.41, 5.74) is 4.73. The molecule has 4 rings (SSSR count). The topological polar surface area (TPSA) is 46.2 Å². The Balaban J connectivity index is 1.79. The number of allylic oxidation sites excluding steroid dienone is 2. The molecule has 156 valence electrons. The fraction of sp³-hybridized carbons (Fsp3) is 0.160. The molecule has 0 saturated heterocycles. The van der Waals surface area contributed by atoms with Crippen molar-refractivity contribution in [2.24, 2.45) is 10.2 Å². The van der Waals surface area contributed by atoms with Crippen molar-refractivity contribution in [3.8, 4) is 5.75 Å². The maximum atomic E-state index is 6.74. The highest BCUT2D eigenvalue weighted by molar-refractivity contribution is 6.92. The summed E-state index contributed by atoms with van der Waals surface area (Å²) in [6, 6.07) is 28.2. The first-order chi connectivity index (χ1) is 15.1. The van der Waals surface area contributed by atoms with E-state index in [1.807, 2.05) is 67.6 Å². The number of hydrogen-bond acceptors (Lipinski definition) is 4. The number of ether oxygens (including phenoxy) is 1. The molecule has 31 heavy (non-hydrogen) atoms. The summed E-state index contributed by atoms with van der Waals surface area (Å²) < 4.78 is 14.1. The van der Waals surface area contributed by atoms with Crippen molar-refractivity contribution in [2.75, 3.05) is 14.2 Å². The van der Waals surface area contributed by atoms with Crippen LogP contribution in [0.4, 0.5) is 5.69 Å². The minimum atomic E-state index is -1.65. The van der Waals surface area contributed by atoms with E-state index in [9.17, 15) is 0 Å². The van der Waals surface area contributed by atoms with Crippen molar-refractivity contribution >= 4 is 28.8 Å². The first kappa shape index (κ1) is 20.6. The van der Waals surface area contributed by atoms with E-state index >= 15 is 0 Å². The van der Waals surface area contributed by atoms with Crippen LogP contribution in [0.15, 0.2) is 107 Å². The lowest BCUT2D eigenvalue weighted by atomic mass is 9.40. The molecule has 3 aromatic carbocycles. The molecule has 0 amide bonds. The maximum absolute atomic E-state index is 6.74. The van der Waals surface area contributed by atoms with E-state index in [-0.39, 0.29) is 0 Å². The number of methoxy groups -OCH3 is 1. The van der Waals surface area contributed by atoms with Gasteiger partial charge in [0.25, 0.3) is 0 Å². The molecule has 5 nitrogen and oxygen atoms in total. The molecule has 1 heterocycles. The van der Waals surface area contributed by atoms with E-state index < -0.39 is 6.48 Å². The monoisotopic (exact) mass is 411 g/mol. The summed E-state index contributed by atoms with van der Waals surface area (Å²) in [6.45, 7) is 2.38. The van der Waals surface area contributed by atoms with Crippen LogP contribution in [0.5, 0.6) is 5.75 Å². The fourth-order valence-corrected chi connectivity index (χ4v) is 4.19. The van der Waals surface area contributed by atoms with E-state index in [0.717, 1.165) is 39.5 Å². The van der Waals surface area contributed by atoms with E-state index in [2.05, 4.69) is 53.0 Å². The van der Waals surface area contributed by atoms with Gasteiger partial charge in [0, 0.05) is 6.92 Å². The van der Waals surface area contributed by atoms with Crippen LogP contribution >= 0.6 is 0 Å². The number of nitrogens with zero attached hydrogens (tertiary/aromatic N) is 3. The highest BCUT2D eigenvalue weighted by Gasteiger charge is 2.48. The number of azo groups is 1. The molecule has 0 fully saturated rings. The molecule has 0 radical (unpaired) electrons. The van der Waals surface area contributed by atoms with Gasteiger partial charge in [-0.3, -0.25) is 0 Å². The predicted octanol–water partition coefficient (Wildman–Crippen LogP) is 4.40. The van der Waals surface area contributed by atoms with Crippen LogP contribution in [0.3, 0.4) is 0 Å². The van der Waals surface area contributed by atoms with Crippen LogP contribution in [0.2, 0.25) is 0 Å². The van der Waals surface area contributed by atoms with Gasteiger partial charge in [0.1, 0.15) is 5.75 Å². The molecule has 0 aliphatic carbocycles. The zero-order chi connectivity index (χ0) is 21.8. The molecule has 6 heteroatoms. The lowest BCUT2D eigenvalue weighted by Crippen LogP contribution is -2.70. The van der Waals surface area contributed by atoms with E-state index in [4.69, 9.17) is 9.39 Å². The third-order valence-electron chi connectivity index (χ3n) is 5.94. The van der Waals surface area contributed by atoms with Crippen LogP contribution in [0.1, 0.15) is 13.8 Å². The van der Waals surface area contributed by atoms with Crippen LogP contribution in [0.25, 0.3) is 0 Å². The van der Waals surface area contributed by atoms with Gasteiger partial charge in [-0.05, 0) is 31.2 Å². The Morgan fingerprint density at radius 2 is 1.32 bits per heavy atom. The molecule has 1 aliphatic heterocycles. The Kier molecular flexibility index (Phi) is 5.71. The van der Waals surface area contributed by atoms with Crippen molar-refractivity contribution in [1.82, 2.24) is 0 Å². The lowest BCUT2D eigenvalue weighted by Gasteiger charge is -2.42. The molecule has 0 aromatic heterocycles. The van der Waals surface area contributed by atoms with Gasteiger partial charge in [0.05, 0.1) is 25.6 Å². The second kappa shape index (κ2) is 8.60. The summed E-state index contributed by atoms with van der Waals surface area (Å²) in [5.74, 6) is 1.54. The van der Waals surface area contributed by atoms with Crippen LogP contribution in [-0.2, 0) is 4.65 Å². The molecule has 0 saturated carbocycles. The molecular formula is C25H26BN3O2. The van der Waals surface area contributed by atoms with Gasteiger partial charge in [-0.15, -0.1) is 5.11 Å². The average molecular weight is 411 g/mol. The molecule has 0 unspecified atom stereocenters. The highest BCUT2D eigenvalue weighted by atomic mass is 16.5. The predicted molar refractivity (Wildman–Crippen MR) is 126 cm³/mol. The summed E-state index contributed by atoms with van der Waals surface area (Å²) in [6.07, 6.45) is 0. The summed E-state index contributed by atoms with van der Waals surface area (Å²) in [7, 11) is 3.70. The first-order valence-electron chi connectivity index (χ1n) is 10.3. The van der Waals surface area contributed by atoms with Crippen molar-refractivity contribution < 1.29 is 13.9 Å². The largest absolute Gasteiger partial charge is 0.653 e. The summed E-state index contributed by atoms with van der Waals surface area (Å²) in [5, 5.41) is 8.97. The molecule has 0 bridgehead atoms. The van der Waals surface area contributed by atoms with Gasteiger partial charge in [0.2, 0.25) is 0 Å². The Morgan fingerprint density at radius 1 is 0.774 bits per heavy atom. The minimum absolute atomic E-state index is 0.739. The van der Waals surface area contributed by atoms with Crippen LogP contribution in [-0.4, -0.2) is 30.8 Å². The second-order valence-electron chi connectivity index (χ2n) is 7.68. The van der Waals surface area contributed by atoms with Gasteiger partial charge in [-0.2, -0.15) is 5.11 Å². The summed E-state index contributed by atoms with van der Waals surface area (Å²) in [4.78, 5) is 0. The fourth-order valence-electron chi connectivity index (χ4n) is 4.19. The van der Waals surface area contributed by atoms with E-state index in [0.29, 0.717) is 0 Å². The Labute approximate surface area is 183 Å². The SMILES string of the molecule is COc1ccc(N=NC2=C(C)O[B-](c3ccccc3)(c3ccccc3)[N+](C)=C2C)cc1.